The molecule has 7 nitrogen and oxygen atoms in total. The highest BCUT2D eigenvalue weighted by Crippen LogP contribution is 2.12. The van der Waals surface area contributed by atoms with Crippen molar-refractivity contribution >= 4 is 16.8 Å². The smallest absolute Gasteiger partial charge is 0.258 e. The van der Waals surface area contributed by atoms with Gasteiger partial charge >= 0.3 is 0 Å². The van der Waals surface area contributed by atoms with Crippen molar-refractivity contribution in [2.45, 2.75) is 25.4 Å². The van der Waals surface area contributed by atoms with Crippen LogP contribution in [0.1, 0.15) is 30.5 Å². The predicted octanol–water partition coefficient (Wildman–Crippen LogP) is 1.69. The van der Waals surface area contributed by atoms with Crippen molar-refractivity contribution in [1.29, 1.82) is 0 Å². The quantitative estimate of drug-likeness (QED) is 0.606. The van der Waals surface area contributed by atoms with E-state index in [1.54, 1.807) is 30.3 Å². The van der Waals surface area contributed by atoms with Crippen LogP contribution in [0, 0.1) is 0 Å². The lowest BCUT2D eigenvalue weighted by atomic mass is 10.2. The normalized spacial score (nSPS) is 12.2. The van der Waals surface area contributed by atoms with Gasteiger partial charge in [-0.3, -0.25) is 9.59 Å². The second-order valence-corrected chi connectivity index (χ2v) is 5.72. The summed E-state index contributed by atoms with van der Waals surface area (Å²) >= 11 is 0. The zero-order valence-corrected chi connectivity index (χ0v) is 13.6. The summed E-state index contributed by atoms with van der Waals surface area (Å²) in [5, 5.41) is 13.0. The van der Waals surface area contributed by atoms with Crippen molar-refractivity contribution in [3.8, 4) is 0 Å². The Labute approximate surface area is 143 Å². The van der Waals surface area contributed by atoms with Gasteiger partial charge in [-0.15, -0.1) is 0 Å². The molecule has 7 heteroatoms. The Kier molecular flexibility index (Phi) is 5.25. The highest BCUT2D eigenvalue weighted by atomic mass is 16.4. The minimum atomic E-state index is -0.863. The van der Waals surface area contributed by atoms with Crippen LogP contribution >= 0.6 is 0 Å². The molecule has 130 valence electrons. The number of nitrogens with one attached hydrogen (secondary N) is 2. The molecule has 0 aliphatic heterocycles. The molecule has 0 radical (unpaired) electrons. The molecule has 3 aromatic rings. The van der Waals surface area contributed by atoms with Gasteiger partial charge in [0.2, 0.25) is 5.91 Å². The molecule has 1 unspecified atom stereocenters. The second-order valence-electron chi connectivity index (χ2n) is 5.72. The Balaban J connectivity index is 1.48. The molecule has 0 fully saturated rings. The van der Waals surface area contributed by atoms with Crippen molar-refractivity contribution < 1.29 is 14.3 Å². The summed E-state index contributed by atoms with van der Waals surface area (Å²) in [7, 11) is 0. The predicted molar refractivity (Wildman–Crippen MR) is 92.0 cm³/mol. The summed E-state index contributed by atoms with van der Waals surface area (Å²) in [6.07, 6.45) is 1.93. The number of carbonyl (C=O) groups is 1. The number of fused-ring (bicyclic) bond motifs is 1. The van der Waals surface area contributed by atoms with Crippen LogP contribution in [0.3, 0.4) is 0 Å². The maximum absolute atomic E-state index is 12.0. The van der Waals surface area contributed by atoms with Crippen molar-refractivity contribution in [3.63, 3.8) is 0 Å². The Morgan fingerprint density at radius 2 is 2.12 bits per heavy atom. The topological polar surface area (TPSA) is 108 Å². The van der Waals surface area contributed by atoms with Crippen LogP contribution in [0.5, 0.6) is 0 Å². The van der Waals surface area contributed by atoms with Gasteiger partial charge in [0, 0.05) is 12.8 Å². The number of benzene rings is 1. The molecule has 0 aliphatic rings. The number of aromatic amines is 1. The highest BCUT2D eigenvalue weighted by Gasteiger charge is 2.12. The van der Waals surface area contributed by atoms with Gasteiger partial charge in [-0.25, -0.2) is 4.98 Å². The standard InChI is InChI=1S/C18H19N3O4/c22-14(15-7-4-10-25-15)11-19-17(23)9-3-8-16-20-13-6-2-1-5-12(13)18(24)21-16/h1-2,4-7,10,14,22H,3,8-9,11H2,(H,19,23)(H,20,21,24). The summed E-state index contributed by atoms with van der Waals surface area (Å²) in [5.41, 5.74) is 0.471. The number of amides is 1. The lowest BCUT2D eigenvalue weighted by Gasteiger charge is -2.09. The molecule has 3 N–H and O–H groups in total. The van der Waals surface area contributed by atoms with Crippen LogP contribution in [0.2, 0.25) is 0 Å². The molecule has 2 heterocycles. The van der Waals surface area contributed by atoms with Crippen molar-refractivity contribution in [3.05, 3.63) is 64.6 Å². The van der Waals surface area contributed by atoms with Gasteiger partial charge in [-0.2, -0.15) is 0 Å². The Morgan fingerprint density at radius 3 is 2.92 bits per heavy atom. The average Bonchev–Trinajstić information content (AvgIpc) is 3.14. The Hall–Kier alpha value is -2.93. The van der Waals surface area contributed by atoms with Crippen molar-refractivity contribution in [2.75, 3.05) is 6.54 Å². The maximum atomic E-state index is 12.0. The molecule has 1 amide bonds. The first-order valence-corrected chi connectivity index (χ1v) is 8.09. The van der Waals surface area contributed by atoms with Crippen LogP contribution < -0.4 is 10.9 Å². The number of aliphatic hydroxyl groups is 1. The fraction of sp³-hybridized carbons (Fsp3) is 0.278. The monoisotopic (exact) mass is 341 g/mol. The van der Waals surface area contributed by atoms with Gasteiger partial charge in [0.05, 0.1) is 23.7 Å². The van der Waals surface area contributed by atoms with E-state index >= 15 is 0 Å². The maximum Gasteiger partial charge on any atom is 0.258 e. The zero-order chi connectivity index (χ0) is 17.6. The number of aliphatic hydroxyl groups excluding tert-OH is 1. The van der Waals surface area contributed by atoms with Crippen LogP contribution in [0.25, 0.3) is 10.9 Å². The third-order valence-electron chi connectivity index (χ3n) is 3.84. The summed E-state index contributed by atoms with van der Waals surface area (Å²) in [4.78, 5) is 31.0. The largest absolute Gasteiger partial charge is 0.467 e. The minimum absolute atomic E-state index is 0.0946. The lowest BCUT2D eigenvalue weighted by molar-refractivity contribution is -0.121. The molecule has 25 heavy (non-hydrogen) atoms. The number of para-hydroxylation sites is 1. The summed E-state index contributed by atoms with van der Waals surface area (Å²) in [6, 6.07) is 10.5. The van der Waals surface area contributed by atoms with E-state index < -0.39 is 6.10 Å². The first-order valence-electron chi connectivity index (χ1n) is 8.09. The first kappa shape index (κ1) is 16.9. The molecule has 0 aliphatic carbocycles. The van der Waals surface area contributed by atoms with Crippen LogP contribution in [-0.2, 0) is 11.2 Å². The number of hydrogen-bond acceptors (Lipinski definition) is 5. The van der Waals surface area contributed by atoms with E-state index in [1.807, 2.05) is 6.07 Å². The number of H-pyrrole nitrogens is 1. The summed E-state index contributed by atoms with van der Waals surface area (Å²) < 4.78 is 5.07. The average molecular weight is 341 g/mol. The van der Waals surface area contributed by atoms with E-state index in [2.05, 4.69) is 15.3 Å². The van der Waals surface area contributed by atoms with Gasteiger partial charge in [-0.1, -0.05) is 12.1 Å². The fourth-order valence-electron chi connectivity index (χ4n) is 2.55. The van der Waals surface area contributed by atoms with Gasteiger partial charge < -0.3 is 19.8 Å². The van der Waals surface area contributed by atoms with E-state index in [1.165, 1.54) is 6.26 Å². The van der Waals surface area contributed by atoms with Gasteiger partial charge in [0.15, 0.2) is 0 Å². The van der Waals surface area contributed by atoms with E-state index in [4.69, 9.17) is 4.42 Å². The lowest BCUT2D eigenvalue weighted by Crippen LogP contribution is -2.28. The van der Waals surface area contributed by atoms with Crippen LogP contribution in [0.4, 0.5) is 0 Å². The molecule has 0 bridgehead atoms. The van der Waals surface area contributed by atoms with Crippen LogP contribution in [-0.4, -0.2) is 27.5 Å². The van der Waals surface area contributed by atoms with E-state index in [0.717, 1.165) is 0 Å². The molecule has 3 rings (SSSR count). The summed E-state index contributed by atoms with van der Waals surface area (Å²) in [5.74, 6) is 0.805. The molecule has 0 spiro atoms. The third-order valence-corrected chi connectivity index (χ3v) is 3.84. The minimum Gasteiger partial charge on any atom is -0.467 e. The zero-order valence-electron chi connectivity index (χ0n) is 13.6. The van der Waals surface area contributed by atoms with E-state index in [-0.39, 0.29) is 24.4 Å². The number of aromatic nitrogens is 2. The summed E-state index contributed by atoms with van der Waals surface area (Å²) in [6.45, 7) is 0.0946. The number of furan rings is 1. The molecular weight excluding hydrogens is 322 g/mol. The molecule has 1 atom stereocenters. The third kappa shape index (κ3) is 4.33. The Morgan fingerprint density at radius 1 is 1.28 bits per heavy atom. The number of carbonyl (C=O) groups excluding carboxylic acids is 1. The molecular formula is C18H19N3O4. The number of aryl methyl sites for hydroxylation is 1. The Bertz CT molecular complexity index is 902. The van der Waals surface area contributed by atoms with Gasteiger partial charge in [-0.05, 0) is 30.7 Å². The molecule has 0 saturated heterocycles. The number of hydrogen-bond donors (Lipinski definition) is 3. The SMILES string of the molecule is O=C(CCCc1nc2ccccc2c(=O)[nH]1)NCC(O)c1ccco1. The first-order chi connectivity index (χ1) is 12.1. The van der Waals surface area contributed by atoms with E-state index in [0.29, 0.717) is 35.3 Å². The highest BCUT2D eigenvalue weighted by molar-refractivity contribution is 5.77. The van der Waals surface area contributed by atoms with E-state index in [9.17, 15) is 14.7 Å². The van der Waals surface area contributed by atoms with Crippen LogP contribution in [0.15, 0.2) is 51.9 Å². The number of rotatable bonds is 7. The molecule has 1 aromatic carbocycles. The fourth-order valence-corrected chi connectivity index (χ4v) is 2.55. The number of nitrogens with zero attached hydrogens (tertiary/aromatic N) is 1. The van der Waals surface area contributed by atoms with Crippen molar-refractivity contribution in [2.24, 2.45) is 0 Å². The van der Waals surface area contributed by atoms with Crippen molar-refractivity contribution in [1.82, 2.24) is 15.3 Å². The van der Waals surface area contributed by atoms with Gasteiger partial charge in [0.1, 0.15) is 17.7 Å². The van der Waals surface area contributed by atoms with Gasteiger partial charge in [0.25, 0.3) is 5.56 Å². The molecule has 0 saturated carbocycles. The molecule has 2 aromatic heterocycles. The second kappa shape index (κ2) is 7.76.